The average Bonchev–Trinajstić information content (AvgIpc) is 2.93. The Bertz CT molecular complexity index is 663. The van der Waals surface area contributed by atoms with Crippen molar-refractivity contribution in [2.75, 3.05) is 5.73 Å². The molecular weight excluding hydrogens is 254 g/mol. The predicted molar refractivity (Wildman–Crippen MR) is 79.0 cm³/mol. The van der Waals surface area contributed by atoms with Crippen LogP contribution in [0, 0.1) is 0 Å². The summed E-state index contributed by atoms with van der Waals surface area (Å²) >= 11 is 1.65. The highest BCUT2D eigenvalue weighted by Gasteiger charge is 2.06. The van der Waals surface area contributed by atoms with Crippen LogP contribution in [-0.4, -0.2) is 9.97 Å². The molecule has 19 heavy (non-hydrogen) atoms. The van der Waals surface area contributed by atoms with Gasteiger partial charge in [0, 0.05) is 6.42 Å². The number of hydrogen-bond donors (Lipinski definition) is 1. The summed E-state index contributed by atoms with van der Waals surface area (Å²) in [6.07, 6.45) is 0.770. The van der Waals surface area contributed by atoms with Gasteiger partial charge in [0.2, 0.25) is 5.95 Å². The summed E-state index contributed by atoms with van der Waals surface area (Å²) in [5.74, 6) is 0.330. The Morgan fingerprint density at radius 2 is 1.84 bits per heavy atom. The van der Waals surface area contributed by atoms with Crippen LogP contribution in [0.3, 0.4) is 0 Å². The number of nitrogens with zero attached hydrogens (tertiary/aromatic N) is 2. The van der Waals surface area contributed by atoms with E-state index in [1.807, 2.05) is 41.8 Å². The van der Waals surface area contributed by atoms with E-state index in [1.54, 1.807) is 11.3 Å². The normalized spacial score (nSPS) is 10.5. The molecule has 0 bridgehead atoms. The van der Waals surface area contributed by atoms with Crippen LogP contribution in [0.15, 0.2) is 53.9 Å². The van der Waals surface area contributed by atoms with E-state index < -0.39 is 0 Å². The van der Waals surface area contributed by atoms with E-state index in [2.05, 4.69) is 22.1 Å². The second-order valence-electron chi connectivity index (χ2n) is 4.24. The van der Waals surface area contributed by atoms with Crippen LogP contribution in [0.1, 0.15) is 11.3 Å². The van der Waals surface area contributed by atoms with Gasteiger partial charge in [0.15, 0.2) is 0 Å². The molecule has 0 aliphatic carbocycles. The van der Waals surface area contributed by atoms with Crippen molar-refractivity contribution in [2.24, 2.45) is 0 Å². The summed E-state index contributed by atoms with van der Waals surface area (Å²) < 4.78 is 0. The second-order valence-corrected chi connectivity index (χ2v) is 5.19. The highest BCUT2D eigenvalue weighted by atomic mass is 32.1. The van der Waals surface area contributed by atoms with Gasteiger partial charge in [-0.3, -0.25) is 0 Å². The van der Waals surface area contributed by atoms with E-state index >= 15 is 0 Å². The zero-order valence-corrected chi connectivity index (χ0v) is 11.1. The molecule has 0 radical (unpaired) electrons. The fourth-order valence-electron chi connectivity index (χ4n) is 1.96. The Kier molecular flexibility index (Phi) is 3.25. The zero-order valence-electron chi connectivity index (χ0n) is 10.3. The average molecular weight is 267 g/mol. The number of benzene rings is 1. The minimum Gasteiger partial charge on any atom is -0.368 e. The molecule has 0 fully saturated rings. The molecule has 1 aromatic carbocycles. The molecule has 0 aliphatic rings. The summed E-state index contributed by atoms with van der Waals surface area (Å²) in [4.78, 5) is 9.72. The smallest absolute Gasteiger partial charge is 0.220 e. The van der Waals surface area contributed by atoms with Crippen LogP contribution >= 0.6 is 11.3 Å². The highest BCUT2D eigenvalue weighted by molar-refractivity contribution is 7.13. The van der Waals surface area contributed by atoms with Crippen LogP contribution < -0.4 is 5.73 Å². The van der Waals surface area contributed by atoms with E-state index in [0.29, 0.717) is 5.95 Å². The Morgan fingerprint density at radius 3 is 2.58 bits per heavy atom. The van der Waals surface area contributed by atoms with Gasteiger partial charge >= 0.3 is 0 Å². The number of nitrogens with two attached hydrogens (primary N) is 1. The summed E-state index contributed by atoms with van der Waals surface area (Å²) in [6, 6.07) is 16.3. The number of hydrogen-bond acceptors (Lipinski definition) is 4. The van der Waals surface area contributed by atoms with Crippen LogP contribution in [0.25, 0.3) is 10.6 Å². The molecule has 2 heterocycles. The Morgan fingerprint density at radius 1 is 1.00 bits per heavy atom. The minimum absolute atomic E-state index is 0.330. The molecule has 3 nitrogen and oxygen atoms in total. The fraction of sp³-hybridized carbons (Fsp3) is 0.0667. The third kappa shape index (κ3) is 2.80. The number of aromatic nitrogens is 2. The fourth-order valence-corrected chi connectivity index (χ4v) is 2.65. The lowest BCUT2D eigenvalue weighted by Crippen LogP contribution is -2.01. The maximum atomic E-state index is 5.80. The van der Waals surface area contributed by atoms with Gasteiger partial charge in [-0.2, -0.15) is 0 Å². The lowest BCUT2D eigenvalue weighted by Gasteiger charge is -2.05. The van der Waals surface area contributed by atoms with Crippen LogP contribution in [0.4, 0.5) is 5.95 Å². The van der Waals surface area contributed by atoms with Crippen LogP contribution in [0.5, 0.6) is 0 Å². The number of thiophene rings is 1. The first-order chi connectivity index (χ1) is 9.31. The largest absolute Gasteiger partial charge is 0.368 e. The first-order valence-electron chi connectivity index (χ1n) is 6.02. The Labute approximate surface area is 115 Å². The number of rotatable bonds is 3. The van der Waals surface area contributed by atoms with Crippen molar-refractivity contribution in [3.8, 4) is 10.6 Å². The maximum absolute atomic E-state index is 5.80. The van der Waals surface area contributed by atoms with Crippen molar-refractivity contribution in [3.05, 3.63) is 65.2 Å². The topological polar surface area (TPSA) is 51.8 Å². The summed E-state index contributed by atoms with van der Waals surface area (Å²) in [7, 11) is 0. The van der Waals surface area contributed by atoms with Gasteiger partial charge in [-0.15, -0.1) is 11.3 Å². The molecule has 94 valence electrons. The summed E-state index contributed by atoms with van der Waals surface area (Å²) in [5.41, 5.74) is 8.86. The molecule has 0 aliphatic heterocycles. The van der Waals surface area contributed by atoms with Gasteiger partial charge < -0.3 is 5.73 Å². The van der Waals surface area contributed by atoms with Gasteiger partial charge in [0.05, 0.1) is 16.3 Å². The molecule has 2 aromatic heterocycles. The van der Waals surface area contributed by atoms with Crippen molar-refractivity contribution in [3.63, 3.8) is 0 Å². The van der Waals surface area contributed by atoms with Crippen LogP contribution in [0.2, 0.25) is 0 Å². The maximum Gasteiger partial charge on any atom is 0.220 e. The molecule has 0 amide bonds. The zero-order chi connectivity index (χ0) is 13.1. The molecule has 0 atom stereocenters. The highest BCUT2D eigenvalue weighted by Crippen LogP contribution is 2.24. The Balaban J connectivity index is 1.94. The number of anilines is 1. The van der Waals surface area contributed by atoms with Gasteiger partial charge in [-0.05, 0) is 23.1 Å². The van der Waals surface area contributed by atoms with E-state index in [1.165, 1.54) is 5.56 Å². The minimum atomic E-state index is 0.330. The lowest BCUT2D eigenvalue weighted by molar-refractivity contribution is 1.04. The van der Waals surface area contributed by atoms with Crippen molar-refractivity contribution in [2.45, 2.75) is 6.42 Å². The quantitative estimate of drug-likeness (QED) is 0.791. The van der Waals surface area contributed by atoms with E-state index in [0.717, 1.165) is 22.7 Å². The molecule has 3 aromatic rings. The summed E-state index contributed by atoms with van der Waals surface area (Å²) in [6.45, 7) is 0. The van der Waals surface area contributed by atoms with E-state index in [4.69, 9.17) is 5.73 Å². The number of nitrogen functional groups attached to an aromatic ring is 1. The first-order valence-corrected chi connectivity index (χ1v) is 6.90. The second kappa shape index (κ2) is 5.20. The Hall–Kier alpha value is -2.20. The molecule has 0 spiro atoms. The van der Waals surface area contributed by atoms with Gasteiger partial charge in [0.25, 0.3) is 0 Å². The van der Waals surface area contributed by atoms with Crippen molar-refractivity contribution < 1.29 is 0 Å². The van der Waals surface area contributed by atoms with E-state index in [9.17, 15) is 0 Å². The van der Waals surface area contributed by atoms with Crippen molar-refractivity contribution >= 4 is 17.3 Å². The molecule has 4 heteroatoms. The third-order valence-electron chi connectivity index (χ3n) is 2.80. The molecule has 2 N–H and O–H groups in total. The molecular formula is C15H13N3S. The standard InChI is InChI=1S/C15H13N3S/c16-15-17-12(9-11-5-2-1-3-6-11)10-13(18-15)14-7-4-8-19-14/h1-8,10H,9H2,(H2,16,17,18). The van der Waals surface area contributed by atoms with Crippen molar-refractivity contribution in [1.82, 2.24) is 9.97 Å². The molecule has 0 saturated carbocycles. The van der Waals surface area contributed by atoms with Gasteiger partial charge in [-0.25, -0.2) is 9.97 Å². The van der Waals surface area contributed by atoms with E-state index in [-0.39, 0.29) is 0 Å². The van der Waals surface area contributed by atoms with Crippen molar-refractivity contribution in [1.29, 1.82) is 0 Å². The third-order valence-corrected chi connectivity index (χ3v) is 3.69. The monoisotopic (exact) mass is 267 g/mol. The summed E-state index contributed by atoms with van der Waals surface area (Å²) in [5, 5.41) is 2.03. The van der Waals surface area contributed by atoms with Gasteiger partial charge in [-0.1, -0.05) is 36.4 Å². The molecule has 0 saturated heterocycles. The molecule has 0 unspecified atom stereocenters. The first kappa shape index (κ1) is 11.9. The SMILES string of the molecule is Nc1nc(Cc2ccccc2)cc(-c2cccs2)n1. The lowest BCUT2D eigenvalue weighted by atomic mass is 10.1. The molecule has 3 rings (SSSR count). The predicted octanol–water partition coefficient (Wildman–Crippen LogP) is 3.38. The van der Waals surface area contributed by atoms with Gasteiger partial charge in [0.1, 0.15) is 0 Å². The van der Waals surface area contributed by atoms with Crippen LogP contribution in [-0.2, 0) is 6.42 Å².